The highest BCUT2D eigenvalue weighted by molar-refractivity contribution is 6.20. The normalized spacial score (nSPS) is 19.7. The minimum atomic E-state index is -0.239. The molecular weight excluding hydrogens is 206 g/mol. The standard InChI is InChI=1S/C8H12ClN3O2/c1-6(9)7-10-11-8(14-7)12-2-4-13-5-3-12/h6H,2-5H2,1H3. The summed E-state index contributed by atoms with van der Waals surface area (Å²) in [6.07, 6.45) is 0. The lowest BCUT2D eigenvalue weighted by Crippen LogP contribution is -2.36. The van der Waals surface area contributed by atoms with Crippen LogP contribution < -0.4 is 4.90 Å². The Balaban J connectivity index is 2.07. The van der Waals surface area contributed by atoms with Crippen molar-refractivity contribution in [2.45, 2.75) is 12.3 Å². The van der Waals surface area contributed by atoms with Crippen LogP contribution in [-0.4, -0.2) is 36.5 Å². The molecule has 0 N–H and O–H groups in total. The van der Waals surface area contributed by atoms with Gasteiger partial charge in [0.25, 0.3) is 0 Å². The molecule has 1 fully saturated rings. The number of nitrogens with zero attached hydrogens (tertiary/aromatic N) is 3. The third-order valence-corrected chi connectivity index (χ3v) is 2.24. The summed E-state index contributed by atoms with van der Waals surface area (Å²) in [6.45, 7) is 4.79. The predicted molar refractivity (Wildman–Crippen MR) is 51.6 cm³/mol. The summed E-state index contributed by atoms with van der Waals surface area (Å²) in [5.74, 6) is 0.466. The number of hydrogen-bond donors (Lipinski definition) is 0. The minimum Gasteiger partial charge on any atom is -0.406 e. The molecule has 0 bridgehead atoms. The zero-order valence-corrected chi connectivity index (χ0v) is 8.70. The van der Waals surface area contributed by atoms with Gasteiger partial charge in [-0.15, -0.1) is 16.7 Å². The first-order valence-electron chi connectivity index (χ1n) is 4.57. The van der Waals surface area contributed by atoms with Crippen molar-refractivity contribution >= 4 is 17.6 Å². The summed E-state index contributed by atoms with van der Waals surface area (Å²) in [6, 6.07) is 0.538. The molecule has 0 radical (unpaired) electrons. The van der Waals surface area contributed by atoms with E-state index in [4.69, 9.17) is 20.8 Å². The van der Waals surface area contributed by atoms with Crippen LogP contribution in [-0.2, 0) is 4.74 Å². The first kappa shape index (κ1) is 9.73. The van der Waals surface area contributed by atoms with Crippen LogP contribution in [0.5, 0.6) is 0 Å². The van der Waals surface area contributed by atoms with Gasteiger partial charge < -0.3 is 14.1 Å². The molecule has 1 unspecified atom stereocenters. The fraction of sp³-hybridized carbons (Fsp3) is 0.750. The van der Waals surface area contributed by atoms with E-state index in [0.717, 1.165) is 13.1 Å². The van der Waals surface area contributed by atoms with E-state index in [2.05, 4.69) is 10.2 Å². The summed E-state index contributed by atoms with van der Waals surface area (Å²) < 4.78 is 10.6. The number of hydrogen-bond acceptors (Lipinski definition) is 5. The molecular formula is C8H12ClN3O2. The van der Waals surface area contributed by atoms with Crippen LogP contribution >= 0.6 is 11.6 Å². The first-order valence-corrected chi connectivity index (χ1v) is 5.01. The lowest BCUT2D eigenvalue weighted by atomic mass is 10.4. The number of aromatic nitrogens is 2. The zero-order chi connectivity index (χ0) is 9.97. The Labute approximate surface area is 87.0 Å². The van der Waals surface area contributed by atoms with E-state index in [1.165, 1.54) is 0 Å². The van der Waals surface area contributed by atoms with Gasteiger partial charge >= 0.3 is 6.01 Å². The van der Waals surface area contributed by atoms with Gasteiger partial charge in [-0.05, 0) is 6.92 Å². The van der Waals surface area contributed by atoms with Crippen molar-refractivity contribution in [2.75, 3.05) is 31.2 Å². The van der Waals surface area contributed by atoms with Gasteiger partial charge in [-0.25, -0.2) is 0 Å². The molecule has 1 saturated heterocycles. The maximum atomic E-state index is 5.82. The molecule has 0 aromatic carbocycles. The van der Waals surface area contributed by atoms with Crippen molar-refractivity contribution in [1.29, 1.82) is 0 Å². The van der Waals surface area contributed by atoms with Crippen molar-refractivity contribution in [1.82, 2.24) is 10.2 Å². The van der Waals surface area contributed by atoms with E-state index in [1.807, 2.05) is 4.90 Å². The highest BCUT2D eigenvalue weighted by Gasteiger charge is 2.18. The average Bonchev–Trinajstić information content (AvgIpc) is 2.68. The molecule has 0 amide bonds. The Hall–Kier alpha value is -0.810. The van der Waals surface area contributed by atoms with Crippen LogP contribution in [0.4, 0.5) is 6.01 Å². The third-order valence-electron chi connectivity index (χ3n) is 2.05. The molecule has 5 nitrogen and oxygen atoms in total. The molecule has 1 aliphatic rings. The molecule has 0 spiro atoms. The third kappa shape index (κ3) is 1.99. The fourth-order valence-electron chi connectivity index (χ4n) is 1.27. The van der Waals surface area contributed by atoms with Crippen molar-refractivity contribution in [2.24, 2.45) is 0 Å². The van der Waals surface area contributed by atoms with Gasteiger partial charge in [-0.3, -0.25) is 0 Å². The van der Waals surface area contributed by atoms with Crippen molar-refractivity contribution < 1.29 is 9.15 Å². The van der Waals surface area contributed by atoms with Gasteiger partial charge in [-0.1, -0.05) is 5.10 Å². The van der Waals surface area contributed by atoms with Crippen LogP contribution in [0.1, 0.15) is 18.2 Å². The number of rotatable bonds is 2. The quantitative estimate of drug-likeness (QED) is 0.697. The minimum absolute atomic E-state index is 0.239. The van der Waals surface area contributed by atoms with E-state index >= 15 is 0 Å². The molecule has 0 saturated carbocycles. The number of ether oxygens (including phenoxy) is 1. The highest BCUT2D eigenvalue weighted by atomic mass is 35.5. The van der Waals surface area contributed by atoms with Crippen LogP contribution in [0.15, 0.2) is 4.42 Å². The second-order valence-electron chi connectivity index (χ2n) is 3.14. The lowest BCUT2D eigenvalue weighted by Gasteiger charge is -2.24. The zero-order valence-electron chi connectivity index (χ0n) is 7.94. The Morgan fingerprint density at radius 2 is 2.07 bits per heavy atom. The Bertz CT molecular complexity index is 297. The predicted octanol–water partition coefficient (Wildman–Crippen LogP) is 1.21. The largest absolute Gasteiger partial charge is 0.406 e. The maximum Gasteiger partial charge on any atom is 0.318 e. The molecule has 6 heteroatoms. The van der Waals surface area contributed by atoms with Crippen molar-refractivity contribution in [3.63, 3.8) is 0 Å². The van der Waals surface area contributed by atoms with Crippen LogP contribution in [0.25, 0.3) is 0 Å². The SMILES string of the molecule is CC(Cl)c1nnc(N2CCOCC2)o1. The Morgan fingerprint density at radius 3 is 2.64 bits per heavy atom. The summed E-state index contributed by atoms with van der Waals surface area (Å²) >= 11 is 5.82. The van der Waals surface area contributed by atoms with E-state index in [0.29, 0.717) is 25.1 Å². The fourth-order valence-corrected chi connectivity index (χ4v) is 1.36. The lowest BCUT2D eigenvalue weighted by molar-refractivity contribution is 0.120. The van der Waals surface area contributed by atoms with E-state index in [-0.39, 0.29) is 5.38 Å². The Morgan fingerprint density at radius 1 is 1.36 bits per heavy atom. The maximum absolute atomic E-state index is 5.82. The topological polar surface area (TPSA) is 51.4 Å². The van der Waals surface area contributed by atoms with E-state index in [1.54, 1.807) is 6.92 Å². The number of anilines is 1. The van der Waals surface area contributed by atoms with Crippen molar-refractivity contribution in [3.8, 4) is 0 Å². The van der Waals surface area contributed by atoms with Crippen LogP contribution in [0.3, 0.4) is 0 Å². The smallest absolute Gasteiger partial charge is 0.318 e. The molecule has 0 aliphatic carbocycles. The number of halogens is 1. The van der Waals surface area contributed by atoms with Gasteiger partial charge in [-0.2, -0.15) is 0 Å². The van der Waals surface area contributed by atoms with E-state index < -0.39 is 0 Å². The average molecular weight is 218 g/mol. The summed E-state index contributed by atoms with van der Waals surface area (Å²) in [5, 5.41) is 7.55. The molecule has 2 heterocycles. The van der Waals surface area contributed by atoms with E-state index in [9.17, 15) is 0 Å². The van der Waals surface area contributed by atoms with Crippen LogP contribution in [0.2, 0.25) is 0 Å². The summed E-state index contributed by atoms with van der Waals surface area (Å²) in [4.78, 5) is 2.00. The number of morpholine rings is 1. The van der Waals surface area contributed by atoms with Crippen molar-refractivity contribution in [3.05, 3.63) is 5.89 Å². The van der Waals surface area contributed by atoms with Gasteiger partial charge in [0.05, 0.1) is 13.2 Å². The first-order chi connectivity index (χ1) is 6.77. The second kappa shape index (κ2) is 4.14. The van der Waals surface area contributed by atoms with Gasteiger partial charge in [0.2, 0.25) is 5.89 Å². The molecule has 1 aromatic rings. The summed E-state index contributed by atoms with van der Waals surface area (Å²) in [5.41, 5.74) is 0. The van der Waals surface area contributed by atoms with Gasteiger partial charge in [0.1, 0.15) is 5.38 Å². The molecule has 2 rings (SSSR count). The second-order valence-corrected chi connectivity index (χ2v) is 3.79. The summed E-state index contributed by atoms with van der Waals surface area (Å²) in [7, 11) is 0. The molecule has 1 aromatic heterocycles. The van der Waals surface area contributed by atoms with Crippen LogP contribution in [0, 0.1) is 0 Å². The molecule has 1 aliphatic heterocycles. The molecule has 14 heavy (non-hydrogen) atoms. The highest BCUT2D eigenvalue weighted by Crippen LogP contribution is 2.21. The Kier molecular flexibility index (Phi) is 2.88. The molecule has 78 valence electrons. The van der Waals surface area contributed by atoms with Gasteiger partial charge in [0.15, 0.2) is 0 Å². The number of alkyl halides is 1. The van der Waals surface area contributed by atoms with Gasteiger partial charge in [0, 0.05) is 13.1 Å². The monoisotopic (exact) mass is 217 g/mol. The molecule has 1 atom stereocenters.